The largest absolute Gasteiger partial charge is 0.444 e. The minimum Gasteiger partial charge on any atom is -0.444 e. The SMILES string of the molecule is CC(C)(C)OC(=O)NCc1ccc2c(c1)CC(N)CCOC2c1ccccc1. The molecule has 150 valence electrons. The quantitative estimate of drug-likeness (QED) is 0.838. The molecule has 5 heteroatoms. The number of nitrogens with two attached hydrogens (primary N) is 1. The molecule has 2 aromatic rings. The molecule has 3 rings (SSSR count). The summed E-state index contributed by atoms with van der Waals surface area (Å²) in [5.41, 5.74) is 10.2. The predicted octanol–water partition coefficient (Wildman–Crippen LogP) is 4.09. The molecule has 1 aliphatic heterocycles. The molecule has 28 heavy (non-hydrogen) atoms. The number of alkyl carbamates (subject to hydrolysis) is 1. The summed E-state index contributed by atoms with van der Waals surface area (Å²) >= 11 is 0. The van der Waals surface area contributed by atoms with E-state index in [4.69, 9.17) is 15.2 Å². The maximum Gasteiger partial charge on any atom is 0.407 e. The normalized spacial score (nSPS) is 19.9. The van der Waals surface area contributed by atoms with Crippen LogP contribution in [0.4, 0.5) is 4.79 Å². The van der Waals surface area contributed by atoms with Gasteiger partial charge >= 0.3 is 6.09 Å². The Kier molecular flexibility index (Phi) is 6.37. The second kappa shape index (κ2) is 8.76. The number of carbonyl (C=O) groups excluding carboxylic acids is 1. The highest BCUT2D eigenvalue weighted by molar-refractivity contribution is 5.67. The van der Waals surface area contributed by atoms with Crippen LogP contribution in [0.15, 0.2) is 48.5 Å². The molecule has 0 aliphatic carbocycles. The highest BCUT2D eigenvalue weighted by Crippen LogP contribution is 2.32. The van der Waals surface area contributed by atoms with E-state index in [1.807, 2.05) is 45.0 Å². The Morgan fingerprint density at radius 2 is 1.96 bits per heavy atom. The lowest BCUT2D eigenvalue weighted by molar-refractivity contribution is 0.0523. The molecule has 0 radical (unpaired) electrons. The van der Waals surface area contributed by atoms with Crippen LogP contribution in [0.1, 0.15) is 55.5 Å². The lowest BCUT2D eigenvalue weighted by atomic mass is 9.90. The van der Waals surface area contributed by atoms with Crippen LogP contribution < -0.4 is 11.1 Å². The van der Waals surface area contributed by atoms with Gasteiger partial charge in [-0.3, -0.25) is 0 Å². The van der Waals surface area contributed by atoms with Gasteiger partial charge in [0.05, 0.1) is 0 Å². The van der Waals surface area contributed by atoms with Gasteiger partial charge in [-0.05, 0) is 55.9 Å². The molecule has 0 bridgehead atoms. The van der Waals surface area contributed by atoms with Gasteiger partial charge in [0.1, 0.15) is 11.7 Å². The molecule has 2 atom stereocenters. The number of amides is 1. The molecule has 0 saturated heterocycles. The Morgan fingerprint density at radius 3 is 2.68 bits per heavy atom. The van der Waals surface area contributed by atoms with Crippen molar-refractivity contribution in [1.29, 1.82) is 0 Å². The molecule has 5 nitrogen and oxygen atoms in total. The zero-order chi connectivity index (χ0) is 20.1. The van der Waals surface area contributed by atoms with Crippen molar-refractivity contribution in [3.8, 4) is 0 Å². The summed E-state index contributed by atoms with van der Waals surface area (Å²) in [6, 6.07) is 16.6. The molecule has 0 saturated carbocycles. The topological polar surface area (TPSA) is 73.6 Å². The summed E-state index contributed by atoms with van der Waals surface area (Å²) in [6.45, 7) is 6.60. The number of hydrogen-bond acceptors (Lipinski definition) is 4. The van der Waals surface area contributed by atoms with Gasteiger partial charge in [0, 0.05) is 19.2 Å². The van der Waals surface area contributed by atoms with Crippen LogP contribution in [0.25, 0.3) is 0 Å². The number of carbonyl (C=O) groups is 1. The molecule has 0 aromatic heterocycles. The van der Waals surface area contributed by atoms with Crippen LogP contribution in [0.2, 0.25) is 0 Å². The molecule has 1 amide bonds. The minimum atomic E-state index is -0.511. The molecule has 2 unspecified atom stereocenters. The predicted molar refractivity (Wildman–Crippen MR) is 110 cm³/mol. The lowest BCUT2D eigenvalue weighted by Gasteiger charge is -2.27. The Labute approximate surface area is 167 Å². The lowest BCUT2D eigenvalue weighted by Crippen LogP contribution is -2.32. The van der Waals surface area contributed by atoms with E-state index < -0.39 is 11.7 Å². The van der Waals surface area contributed by atoms with Crippen molar-refractivity contribution in [2.24, 2.45) is 5.73 Å². The summed E-state index contributed by atoms with van der Waals surface area (Å²) in [7, 11) is 0. The molecular formula is C23H30N2O3. The first-order valence-electron chi connectivity index (χ1n) is 9.82. The van der Waals surface area contributed by atoms with Crippen LogP contribution in [0.5, 0.6) is 0 Å². The van der Waals surface area contributed by atoms with Gasteiger partial charge in [-0.15, -0.1) is 0 Å². The first-order valence-corrected chi connectivity index (χ1v) is 9.82. The summed E-state index contributed by atoms with van der Waals surface area (Å²) in [5.74, 6) is 0. The number of ether oxygens (including phenoxy) is 2. The molecule has 0 spiro atoms. The molecular weight excluding hydrogens is 352 g/mol. The second-order valence-corrected chi connectivity index (χ2v) is 8.30. The monoisotopic (exact) mass is 382 g/mol. The van der Waals surface area contributed by atoms with Crippen molar-refractivity contribution >= 4 is 6.09 Å². The summed E-state index contributed by atoms with van der Waals surface area (Å²) in [4.78, 5) is 11.9. The summed E-state index contributed by atoms with van der Waals surface area (Å²) in [6.07, 6.45) is 1.10. The van der Waals surface area contributed by atoms with Gasteiger partial charge < -0.3 is 20.5 Å². The summed E-state index contributed by atoms with van der Waals surface area (Å²) < 4.78 is 11.5. The van der Waals surface area contributed by atoms with Gasteiger partial charge in [-0.25, -0.2) is 4.79 Å². The molecule has 1 heterocycles. The van der Waals surface area contributed by atoms with Crippen LogP contribution in [-0.2, 0) is 22.4 Å². The van der Waals surface area contributed by atoms with Gasteiger partial charge in [-0.1, -0.05) is 48.5 Å². The van der Waals surface area contributed by atoms with Gasteiger partial charge in [0.2, 0.25) is 0 Å². The zero-order valence-electron chi connectivity index (χ0n) is 16.9. The number of nitrogens with one attached hydrogen (secondary N) is 1. The third-order valence-electron chi connectivity index (χ3n) is 4.68. The molecule has 1 aliphatic rings. The van der Waals surface area contributed by atoms with E-state index in [1.54, 1.807) is 0 Å². The van der Waals surface area contributed by atoms with Gasteiger partial charge in [-0.2, -0.15) is 0 Å². The molecule has 0 fully saturated rings. The van der Waals surface area contributed by atoms with E-state index in [-0.39, 0.29) is 12.1 Å². The van der Waals surface area contributed by atoms with Gasteiger partial charge in [0.15, 0.2) is 0 Å². The van der Waals surface area contributed by atoms with Gasteiger partial charge in [0.25, 0.3) is 0 Å². The Morgan fingerprint density at radius 1 is 1.21 bits per heavy atom. The highest BCUT2D eigenvalue weighted by Gasteiger charge is 2.23. The fourth-order valence-corrected chi connectivity index (χ4v) is 3.41. The van der Waals surface area contributed by atoms with E-state index >= 15 is 0 Å². The third-order valence-corrected chi connectivity index (χ3v) is 4.68. The number of rotatable bonds is 3. The number of hydrogen-bond donors (Lipinski definition) is 2. The van der Waals surface area contributed by atoms with E-state index in [0.717, 1.165) is 29.5 Å². The fourth-order valence-electron chi connectivity index (χ4n) is 3.41. The van der Waals surface area contributed by atoms with Crippen LogP contribution in [0.3, 0.4) is 0 Å². The average molecular weight is 383 g/mol. The van der Waals surface area contributed by atoms with Crippen molar-refractivity contribution in [3.63, 3.8) is 0 Å². The smallest absolute Gasteiger partial charge is 0.407 e. The average Bonchev–Trinajstić information content (AvgIpc) is 2.62. The van der Waals surface area contributed by atoms with Crippen molar-refractivity contribution in [3.05, 3.63) is 70.8 Å². The molecule has 3 N–H and O–H groups in total. The van der Waals surface area contributed by atoms with Crippen LogP contribution in [0, 0.1) is 0 Å². The third kappa shape index (κ3) is 5.57. The van der Waals surface area contributed by atoms with E-state index in [1.165, 1.54) is 5.56 Å². The maximum absolute atomic E-state index is 11.9. The maximum atomic E-state index is 11.9. The van der Waals surface area contributed by atoms with Crippen molar-refractivity contribution < 1.29 is 14.3 Å². The summed E-state index contributed by atoms with van der Waals surface area (Å²) in [5, 5.41) is 2.82. The second-order valence-electron chi connectivity index (χ2n) is 8.30. The zero-order valence-corrected chi connectivity index (χ0v) is 16.9. The Balaban J connectivity index is 1.81. The highest BCUT2D eigenvalue weighted by atomic mass is 16.6. The Hall–Kier alpha value is -2.37. The van der Waals surface area contributed by atoms with E-state index in [2.05, 4.69) is 29.6 Å². The van der Waals surface area contributed by atoms with Crippen LogP contribution >= 0.6 is 0 Å². The van der Waals surface area contributed by atoms with E-state index in [0.29, 0.717) is 13.2 Å². The van der Waals surface area contributed by atoms with Crippen molar-refractivity contribution in [1.82, 2.24) is 5.32 Å². The minimum absolute atomic E-state index is 0.0598. The fraction of sp³-hybridized carbons (Fsp3) is 0.435. The standard InChI is InChI=1S/C23H30N2O3/c1-23(2,3)28-22(26)25-15-16-9-10-20-18(13-16)14-19(24)11-12-27-21(20)17-7-5-4-6-8-17/h4-10,13,19,21H,11-12,14-15,24H2,1-3H3,(H,25,26). The van der Waals surface area contributed by atoms with E-state index in [9.17, 15) is 4.79 Å². The van der Waals surface area contributed by atoms with Crippen molar-refractivity contribution in [2.45, 2.75) is 57.9 Å². The Bertz CT molecular complexity index is 799. The first-order chi connectivity index (χ1) is 13.3. The van der Waals surface area contributed by atoms with Crippen molar-refractivity contribution in [2.75, 3.05) is 6.61 Å². The molecule has 2 aromatic carbocycles. The number of benzene rings is 2. The first kappa shape index (κ1) is 20.4. The van der Waals surface area contributed by atoms with Crippen LogP contribution in [-0.4, -0.2) is 24.3 Å². The number of fused-ring (bicyclic) bond motifs is 1.